The molecule has 1 saturated heterocycles. The van der Waals surface area contributed by atoms with Crippen LogP contribution < -0.4 is 10.6 Å². The van der Waals surface area contributed by atoms with Crippen molar-refractivity contribution >= 4 is 43.8 Å². The lowest BCUT2D eigenvalue weighted by Crippen LogP contribution is -2.26. The molecular weight excluding hydrogens is 326 g/mol. The molecule has 3 heterocycles. The van der Waals surface area contributed by atoms with Crippen LogP contribution in [0.15, 0.2) is 35.8 Å². The summed E-state index contributed by atoms with van der Waals surface area (Å²) in [6.07, 6.45) is 4.20. The lowest BCUT2D eigenvalue weighted by atomic mass is 9.97. The zero-order chi connectivity index (χ0) is 15.6. The summed E-state index contributed by atoms with van der Waals surface area (Å²) in [5.74, 6) is 0.478. The number of benzene rings is 1. The molecule has 0 radical (unpaired) electrons. The topological polar surface area (TPSA) is 54.0 Å². The summed E-state index contributed by atoms with van der Waals surface area (Å²) in [5.41, 5.74) is 0.675. The second kappa shape index (κ2) is 6.39. The molecule has 118 valence electrons. The van der Waals surface area contributed by atoms with Gasteiger partial charge in [-0.3, -0.25) is 10.1 Å². The largest absolute Gasteiger partial charge is 0.317 e. The number of rotatable bonds is 3. The third kappa shape index (κ3) is 3.15. The number of carbonyl (C=O) groups excluding carboxylic acids is 1. The first kappa shape index (κ1) is 14.8. The summed E-state index contributed by atoms with van der Waals surface area (Å²) in [6, 6.07) is 7.84. The summed E-state index contributed by atoms with van der Waals surface area (Å²) in [4.78, 5) is 18.1. The molecule has 2 N–H and O–H groups in total. The van der Waals surface area contributed by atoms with Crippen LogP contribution >= 0.6 is 22.7 Å². The SMILES string of the molecule is O=C(Nc1ncc(C2CCNCC2)s1)c1ccc2sccc2c1. The van der Waals surface area contributed by atoms with Crippen LogP contribution in [0, 0.1) is 0 Å². The number of nitrogens with one attached hydrogen (secondary N) is 2. The number of amides is 1. The van der Waals surface area contributed by atoms with Gasteiger partial charge in [-0.15, -0.1) is 22.7 Å². The molecule has 1 aliphatic heterocycles. The Hall–Kier alpha value is -1.76. The van der Waals surface area contributed by atoms with Crippen molar-refractivity contribution in [2.75, 3.05) is 18.4 Å². The molecule has 0 aliphatic carbocycles. The van der Waals surface area contributed by atoms with E-state index in [9.17, 15) is 4.79 Å². The van der Waals surface area contributed by atoms with Crippen molar-refractivity contribution in [1.82, 2.24) is 10.3 Å². The van der Waals surface area contributed by atoms with Crippen LogP contribution in [-0.4, -0.2) is 24.0 Å². The minimum Gasteiger partial charge on any atom is -0.317 e. The highest BCUT2D eigenvalue weighted by molar-refractivity contribution is 7.17. The molecule has 0 saturated carbocycles. The molecule has 4 nitrogen and oxygen atoms in total. The maximum absolute atomic E-state index is 12.4. The molecule has 0 spiro atoms. The van der Waals surface area contributed by atoms with Gasteiger partial charge < -0.3 is 5.32 Å². The number of aromatic nitrogens is 1. The van der Waals surface area contributed by atoms with Gasteiger partial charge in [0.25, 0.3) is 5.91 Å². The third-order valence-electron chi connectivity index (χ3n) is 4.20. The van der Waals surface area contributed by atoms with Crippen molar-refractivity contribution in [2.24, 2.45) is 0 Å². The van der Waals surface area contributed by atoms with E-state index in [0.717, 1.165) is 31.3 Å². The molecule has 23 heavy (non-hydrogen) atoms. The molecular formula is C17H17N3OS2. The first-order valence-electron chi connectivity index (χ1n) is 7.75. The van der Waals surface area contributed by atoms with Crippen LogP contribution in [0.3, 0.4) is 0 Å². The fraction of sp³-hybridized carbons (Fsp3) is 0.294. The number of nitrogens with zero attached hydrogens (tertiary/aromatic N) is 1. The zero-order valence-corrected chi connectivity index (χ0v) is 14.2. The maximum atomic E-state index is 12.4. The molecule has 3 aromatic rings. The van der Waals surface area contributed by atoms with Crippen molar-refractivity contribution in [2.45, 2.75) is 18.8 Å². The molecule has 2 aromatic heterocycles. The number of thiophene rings is 1. The second-order valence-corrected chi connectivity index (χ2v) is 7.73. The average molecular weight is 343 g/mol. The Balaban J connectivity index is 1.48. The Morgan fingerprint density at radius 2 is 2.13 bits per heavy atom. The quantitative estimate of drug-likeness (QED) is 0.753. The van der Waals surface area contributed by atoms with Gasteiger partial charge in [-0.05, 0) is 66.9 Å². The summed E-state index contributed by atoms with van der Waals surface area (Å²) in [6.45, 7) is 2.12. The Morgan fingerprint density at radius 3 is 3.00 bits per heavy atom. The van der Waals surface area contributed by atoms with Crippen LogP contribution in [0.2, 0.25) is 0 Å². The molecule has 1 fully saturated rings. The highest BCUT2D eigenvalue weighted by Gasteiger charge is 2.18. The van der Waals surface area contributed by atoms with E-state index in [0.29, 0.717) is 16.6 Å². The Morgan fingerprint density at radius 1 is 1.26 bits per heavy atom. The van der Waals surface area contributed by atoms with Crippen molar-refractivity contribution in [3.63, 3.8) is 0 Å². The van der Waals surface area contributed by atoms with E-state index >= 15 is 0 Å². The number of fused-ring (bicyclic) bond motifs is 1. The first-order chi connectivity index (χ1) is 11.3. The molecule has 0 unspecified atom stereocenters. The van der Waals surface area contributed by atoms with E-state index in [1.54, 1.807) is 22.7 Å². The minimum atomic E-state index is -0.0932. The predicted octanol–water partition coefficient (Wildman–Crippen LogP) is 4.08. The molecule has 1 amide bonds. The second-order valence-electron chi connectivity index (χ2n) is 5.72. The van der Waals surface area contributed by atoms with Crippen molar-refractivity contribution in [3.05, 3.63) is 46.3 Å². The Bertz CT molecular complexity index is 833. The van der Waals surface area contributed by atoms with E-state index in [1.807, 2.05) is 35.8 Å². The van der Waals surface area contributed by atoms with Gasteiger partial charge in [0.15, 0.2) is 5.13 Å². The van der Waals surface area contributed by atoms with Crippen LogP contribution in [0.5, 0.6) is 0 Å². The van der Waals surface area contributed by atoms with E-state index < -0.39 is 0 Å². The predicted molar refractivity (Wildman–Crippen MR) is 96.7 cm³/mol. The monoisotopic (exact) mass is 343 g/mol. The molecule has 4 rings (SSSR count). The third-order valence-corrected chi connectivity index (χ3v) is 6.17. The van der Waals surface area contributed by atoms with Crippen LogP contribution in [0.4, 0.5) is 5.13 Å². The number of hydrogen-bond acceptors (Lipinski definition) is 5. The van der Waals surface area contributed by atoms with Crippen LogP contribution in [-0.2, 0) is 0 Å². The standard InChI is InChI=1S/C17H17N3OS2/c21-16(13-1-2-14-12(9-13)5-8-22-14)20-17-19-10-15(23-17)11-3-6-18-7-4-11/h1-2,5,8-11,18H,3-4,6-7H2,(H,19,20,21). The van der Waals surface area contributed by atoms with Crippen molar-refractivity contribution < 1.29 is 4.79 Å². The van der Waals surface area contributed by atoms with Gasteiger partial charge in [-0.1, -0.05) is 0 Å². The van der Waals surface area contributed by atoms with Gasteiger partial charge in [-0.25, -0.2) is 4.98 Å². The fourth-order valence-electron chi connectivity index (χ4n) is 2.92. The smallest absolute Gasteiger partial charge is 0.257 e. The average Bonchev–Trinajstić information content (AvgIpc) is 3.24. The highest BCUT2D eigenvalue weighted by Crippen LogP contribution is 2.32. The number of hydrogen-bond donors (Lipinski definition) is 2. The molecule has 0 atom stereocenters. The van der Waals surface area contributed by atoms with Gasteiger partial charge in [0.05, 0.1) is 0 Å². The fourth-order valence-corrected chi connectivity index (χ4v) is 4.67. The summed E-state index contributed by atoms with van der Waals surface area (Å²) in [5, 5.41) is 10.1. The molecule has 1 aromatic carbocycles. The van der Waals surface area contributed by atoms with E-state index in [4.69, 9.17) is 0 Å². The van der Waals surface area contributed by atoms with Gasteiger partial charge in [0.2, 0.25) is 0 Å². The maximum Gasteiger partial charge on any atom is 0.257 e. The van der Waals surface area contributed by atoms with Crippen LogP contribution in [0.1, 0.15) is 34.0 Å². The van der Waals surface area contributed by atoms with Crippen molar-refractivity contribution in [1.29, 1.82) is 0 Å². The van der Waals surface area contributed by atoms with E-state index in [2.05, 4.69) is 15.6 Å². The number of carbonyl (C=O) groups is 1. The Labute approximate surface area is 142 Å². The molecule has 1 aliphatic rings. The van der Waals surface area contributed by atoms with Crippen molar-refractivity contribution in [3.8, 4) is 0 Å². The van der Waals surface area contributed by atoms with E-state index in [1.165, 1.54) is 9.58 Å². The zero-order valence-electron chi connectivity index (χ0n) is 12.5. The van der Waals surface area contributed by atoms with Gasteiger partial charge in [0, 0.05) is 21.3 Å². The highest BCUT2D eigenvalue weighted by atomic mass is 32.1. The first-order valence-corrected chi connectivity index (χ1v) is 9.44. The minimum absolute atomic E-state index is 0.0932. The van der Waals surface area contributed by atoms with Gasteiger partial charge in [0.1, 0.15) is 0 Å². The van der Waals surface area contributed by atoms with Gasteiger partial charge in [-0.2, -0.15) is 0 Å². The van der Waals surface area contributed by atoms with E-state index in [-0.39, 0.29) is 5.91 Å². The summed E-state index contributed by atoms with van der Waals surface area (Å²) < 4.78 is 1.20. The lowest BCUT2D eigenvalue weighted by molar-refractivity contribution is 0.102. The lowest BCUT2D eigenvalue weighted by Gasteiger charge is -2.20. The Kier molecular flexibility index (Phi) is 4.11. The summed E-state index contributed by atoms with van der Waals surface area (Å²) >= 11 is 3.28. The number of thiazole rings is 1. The molecule has 0 bridgehead atoms. The summed E-state index contributed by atoms with van der Waals surface area (Å²) in [7, 11) is 0. The van der Waals surface area contributed by atoms with Crippen LogP contribution in [0.25, 0.3) is 10.1 Å². The number of anilines is 1. The molecule has 6 heteroatoms. The van der Waals surface area contributed by atoms with Gasteiger partial charge >= 0.3 is 0 Å². The normalized spacial score (nSPS) is 15.8. The number of piperidine rings is 1.